The Morgan fingerprint density at radius 3 is 2.74 bits per heavy atom. The Bertz CT molecular complexity index is 781. The molecule has 0 radical (unpaired) electrons. The fourth-order valence-electron chi connectivity index (χ4n) is 2.00. The van der Waals surface area contributed by atoms with Crippen LogP contribution in [0.4, 0.5) is 10.5 Å². The molecule has 3 aromatic rings. The number of carbonyl (C=O) groups excluding carboxylic acids is 1. The predicted molar refractivity (Wildman–Crippen MR) is 89.2 cm³/mol. The molecule has 0 fully saturated rings. The van der Waals surface area contributed by atoms with E-state index in [1.54, 1.807) is 18.1 Å². The summed E-state index contributed by atoms with van der Waals surface area (Å²) >= 11 is 1.53. The Morgan fingerprint density at radius 2 is 2.13 bits per heavy atom. The highest BCUT2D eigenvalue weighted by molar-refractivity contribution is 7.09. The first-order chi connectivity index (χ1) is 11.1. The lowest BCUT2D eigenvalue weighted by Crippen LogP contribution is -2.30. The number of carbonyl (C=O) groups is 1. The fraction of sp³-hybridized carbons (Fsp3) is 0.200. The highest BCUT2D eigenvalue weighted by atomic mass is 32.1. The second kappa shape index (κ2) is 6.57. The molecule has 1 aromatic carbocycles. The average molecular weight is 328 g/mol. The van der Waals surface area contributed by atoms with Gasteiger partial charge >= 0.3 is 6.03 Å². The molecule has 0 saturated carbocycles. The van der Waals surface area contributed by atoms with E-state index in [2.05, 4.69) is 25.5 Å². The van der Waals surface area contributed by atoms with Gasteiger partial charge in [0.15, 0.2) is 5.82 Å². The molecule has 0 bridgehead atoms. The molecule has 8 heteroatoms. The minimum absolute atomic E-state index is 0.179. The van der Waals surface area contributed by atoms with Crippen LogP contribution in [0.1, 0.15) is 10.8 Å². The fourth-order valence-corrected chi connectivity index (χ4v) is 2.67. The van der Waals surface area contributed by atoms with Gasteiger partial charge in [-0.05, 0) is 31.2 Å². The van der Waals surface area contributed by atoms with Crippen molar-refractivity contribution in [2.45, 2.75) is 13.5 Å². The lowest BCUT2D eigenvalue weighted by molar-refractivity contribution is 0.220. The SMILES string of the molecule is Cc1nc(-c2ccc(NC(=O)N(C)Cc3nccs3)cc2)n[nH]1. The highest BCUT2D eigenvalue weighted by Gasteiger charge is 2.11. The first kappa shape index (κ1) is 15.2. The number of urea groups is 1. The Kier molecular flexibility index (Phi) is 4.33. The van der Waals surface area contributed by atoms with Gasteiger partial charge in [0.1, 0.15) is 10.8 Å². The minimum Gasteiger partial charge on any atom is -0.321 e. The Hall–Kier alpha value is -2.74. The van der Waals surface area contributed by atoms with Crippen molar-refractivity contribution in [1.29, 1.82) is 0 Å². The van der Waals surface area contributed by atoms with Crippen molar-refractivity contribution in [2.75, 3.05) is 12.4 Å². The number of nitrogens with zero attached hydrogens (tertiary/aromatic N) is 4. The van der Waals surface area contributed by atoms with Crippen LogP contribution in [0.25, 0.3) is 11.4 Å². The maximum Gasteiger partial charge on any atom is 0.321 e. The zero-order chi connectivity index (χ0) is 16.2. The molecule has 0 aliphatic carbocycles. The zero-order valence-corrected chi connectivity index (χ0v) is 13.6. The summed E-state index contributed by atoms with van der Waals surface area (Å²) in [5, 5.41) is 12.6. The smallest absolute Gasteiger partial charge is 0.321 e. The third-order valence-electron chi connectivity index (χ3n) is 3.19. The molecule has 0 aliphatic rings. The maximum absolute atomic E-state index is 12.2. The summed E-state index contributed by atoms with van der Waals surface area (Å²) in [5.74, 6) is 1.41. The number of hydrogen-bond acceptors (Lipinski definition) is 5. The second-order valence-corrected chi connectivity index (χ2v) is 6.01. The van der Waals surface area contributed by atoms with Gasteiger partial charge in [-0.25, -0.2) is 14.8 Å². The van der Waals surface area contributed by atoms with Gasteiger partial charge in [-0.1, -0.05) is 0 Å². The molecule has 7 nitrogen and oxygen atoms in total. The van der Waals surface area contributed by atoms with E-state index in [1.165, 1.54) is 11.3 Å². The van der Waals surface area contributed by atoms with Crippen LogP contribution in [0.2, 0.25) is 0 Å². The number of amides is 2. The van der Waals surface area contributed by atoms with E-state index in [0.717, 1.165) is 22.1 Å². The average Bonchev–Trinajstić information content (AvgIpc) is 3.19. The first-order valence-corrected chi connectivity index (χ1v) is 7.90. The topological polar surface area (TPSA) is 86.8 Å². The number of rotatable bonds is 4. The molecule has 0 atom stereocenters. The number of hydrogen-bond donors (Lipinski definition) is 2. The molecule has 2 aromatic heterocycles. The van der Waals surface area contributed by atoms with Gasteiger partial charge in [0.25, 0.3) is 0 Å². The highest BCUT2D eigenvalue weighted by Crippen LogP contribution is 2.18. The summed E-state index contributed by atoms with van der Waals surface area (Å²) in [6, 6.07) is 7.23. The number of benzene rings is 1. The summed E-state index contributed by atoms with van der Waals surface area (Å²) in [5.41, 5.74) is 1.61. The van der Waals surface area contributed by atoms with Crippen LogP contribution in [-0.4, -0.2) is 38.1 Å². The van der Waals surface area contributed by atoms with E-state index in [9.17, 15) is 4.79 Å². The number of nitrogens with one attached hydrogen (secondary N) is 2. The molecule has 3 rings (SSSR count). The molecule has 0 spiro atoms. The van der Waals surface area contributed by atoms with Crippen LogP contribution in [0.3, 0.4) is 0 Å². The number of H-pyrrole nitrogens is 1. The molecule has 2 amide bonds. The zero-order valence-electron chi connectivity index (χ0n) is 12.8. The van der Waals surface area contributed by atoms with Crippen LogP contribution in [0.15, 0.2) is 35.8 Å². The molecular weight excluding hydrogens is 312 g/mol. The number of aryl methyl sites for hydroxylation is 1. The molecule has 0 saturated heterocycles. The summed E-state index contributed by atoms with van der Waals surface area (Å²) in [4.78, 5) is 22.2. The normalized spacial score (nSPS) is 10.5. The van der Waals surface area contributed by atoms with Crippen molar-refractivity contribution in [1.82, 2.24) is 25.1 Å². The number of aromatic amines is 1. The summed E-state index contributed by atoms with van der Waals surface area (Å²) in [6.45, 7) is 2.33. The van der Waals surface area contributed by atoms with Gasteiger partial charge in [-0.15, -0.1) is 11.3 Å². The molecular formula is C15H16N6OS. The van der Waals surface area contributed by atoms with E-state index in [4.69, 9.17) is 0 Å². The van der Waals surface area contributed by atoms with Gasteiger partial charge in [-0.2, -0.15) is 5.10 Å². The van der Waals surface area contributed by atoms with Crippen LogP contribution in [0, 0.1) is 6.92 Å². The van der Waals surface area contributed by atoms with E-state index >= 15 is 0 Å². The Morgan fingerprint density at radius 1 is 1.35 bits per heavy atom. The predicted octanol–water partition coefficient (Wildman–Crippen LogP) is 2.90. The van der Waals surface area contributed by atoms with Gasteiger partial charge in [0.05, 0.1) is 6.54 Å². The minimum atomic E-state index is -0.179. The monoisotopic (exact) mass is 328 g/mol. The molecule has 2 N–H and O–H groups in total. The van der Waals surface area contributed by atoms with Gasteiger partial charge in [0.2, 0.25) is 0 Å². The lowest BCUT2D eigenvalue weighted by atomic mass is 10.2. The Labute approximate surface area is 137 Å². The van der Waals surface area contributed by atoms with E-state index < -0.39 is 0 Å². The quantitative estimate of drug-likeness (QED) is 0.771. The molecule has 118 valence electrons. The van der Waals surface area contributed by atoms with Crippen LogP contribution in [-0.2, 0) is 6.54 Å². The lowest BCUT2D eigenvalue weighted by Gasteiger charge is -2.16. The standard InChI is InChI=1S/C15H16N6OS/c1-10-17-14(20-19-10)11-3-5-12(6-4-11)18-15(22)21(2)9-13-16-7-8-23-13/h3-8H,9H2,1-2H3,(H,18,22)(H,17,19,20). The van der Waals surface area contributed by atoms with E-state index in [-0.39, 0.29) is 6.03 Å². The number of anilines is 1. The number of thiazole rings is 1. The van der Waals surface area contributed by atoms with Crippen molar-refractivity contribution < 1.29 is 4.79 Å². The van der Waals surface area contributed by atoms with Crippen LogP contribution >= 0.6 is 11.3 Å². The Balaban J connectivity index is 1.62. The van der Waals surface area contributed by atoms with Crippen LogP contribution < -0.4 is 5.32 Å². The first-order valence-electron chi connectivity index (χ1n) is 7.02. The van der Waals surface area contributed by atoms with Gasteiger partial charge < -0.3 is 10.2 Å². The summed E-state index contributed by atoms with van der Waals surface area (Å²) in [6.07, 6.45) is 1.73. The van der Waals surface area contributed by atoms with Crippen molar-refractivity contribution in [3.63, 3.8) is 0 Å². The number of aromatic nitrogens is 4. The van der Waals surface area contributed by atoms with Gasteiger partial charge in [-0.3, -0.25) is 5.10 Å². The third-order valence-corrected chi connectivity index (χ3v) is 3.96. The third kappa shape index (κ3) is 3.72. The molecule has 2 heterocycles. The second-order valence-electron chi connectivity index (χ2n) is 5.03. The molecule has 23 heavy (non-hydrogen) atoms. The van der Waals surface area contributed by atoms with Crippen molar-refractivity contribution in [3.05, 3.63) is 46.7 Å². The largest absolute Gasteiger partial charge is 0.321 e. The van der Waals surface area contributed by atoms with Crippen LogP contribution in [0.5, 0.6) is 0 Å². The summed E-state index contributed by atoms with van der Waals surface area (Å²) < 4.78 is 0. The van der Waals surface area contributed by atoms with E-state index in [0.29, 0.717) is 12.4 Å². The summed E-state index contributed by atoms with van der Waals surface area (Å²) in [7, 11) is 1.74. The van der Waals surface area contributed by atoms with Crippen molar-refractivity contribution >= 4 is 23.1 Å². The van der Waals surface area contributed by atoms with E-state index in [1.807, 2.05) is 36.6 Å². The molecule has 0 aliphatic heterocycles. The van der Waals surface area contributed by atoms with Crippen molar-refractivity contribution in [3.8, 4) is 11.4 Å². The molecule has 0 unspecified atom stereocenters. The van der Waals surface area contributed by atoms with Gasteiger partial charge in [0, 0.05) is 29.9 Å². The maximum atomic E-state index is 12.2. The van der Waals surface area contributed by atoms with Crippen molar-refractivity contribution in [2.24, 2.45) is 0 Å².